The summed E-state index contributed by atoms with van der Waals surface area (Å²) in [5.41, 5.74) is 1.21. The highest BCUT2D eigenvalue weighted by molar-refractivity contribution is 9.10. The first-order chi connectivity index (χ1) is 8.27. The molecule has 1 rings (SSSR count). The van der Waals surface area contributed by atoms with E-state index < -0.39 is 0 Å². The third-order valence-corrected chi connectivity index (χ3v) is 3.63. The van der Waals surface area contributed by atoms with E-state index in [4.69, 9.17) is 4.74 Å². The van der Waals surface area contributed by atoms with Gasteiger partial charge in [-0.3, -0.25) is 0 Å². The van der Waals surface area contributed by atoms with E-state index >= 15 is 0 Å². The number of ether oxygens (including phenoxy) is 1. The summed E-state index contributed by atoms with van der Waals surface area (Å²) in [5.74, 6) is 3.19. The maximum atomic E-state index is 5.81. The van der Waals surface area contributed by atoms with Crippen molar-refractivity contribution in [2.24, 2.45) is 0 Å². The Balaban J connectivity index is 2.55. The van der Waals surface area contributed by atoms with Gasteiger partial charge in [0.25, 0.3) is 0 Å². The summed E-state index contributed by atoms with van der Waals surface area (Å²) in [6.07, 6.45) is 0. The van der Waals surface area contributed by atoms with Gasteiger partial charge in [0, 0.05) is 22.3 Å². The van der Waals surface area contributed by atoms with Crippen molar-refractivity contribution in [1.29, 1.82) is 0 Å². The normalized spacial score (nSPS) is 10.5. The Morgan fingerprint density at radius 2 is 2.18 bits per heavy atom. The average Bonchev–Trinajstić information content (AvgIpc) is 2.34. The molecule has 0 heterocycles. The fraction of sp³-hybridized carbons (Fsp3) is 0.538. The van der Waals surface area contributed by atoms with E-state index in [2.05, 4.69) is 41.2 Å². The van der Waals surface area contributed by atoms with E-state index in [0.29, 0.717) is 0 Å². The van der Waals surface area contributed by atoms with Crippen molar-refractivity contribution in [2.45, 2.75) is 20.4 Å². The SMILES string of the molecule is CCNCc1cc(Br)ccc1OCCSCC. The fourth-order valence-electron chi connectivity index (χ4n) is 1.44. The summed E-state index contributed by atoms with van der Waals surface area (Å²) in [4.78, 5) is 0. The van der Waals surface area contributed by atoms with Crippen molar-refractivity contribution >= 4 is 27.7 Å². The Hall–Kier alpha value is -0.190. The van der Waals surface area contributed by atoms with Gasteiger partial charge in [0.1, 0.15) is 5.75 Å². The molecule has 0 saturated heterocycles. The van der Waals surface area contributed by atoms with Crippen LogP contribution >= 0.6 is 27.7 Å². The van der Waals surface area contributed by atoms with Crippen LogP contribution in [0.1, 0.15) is 19.4 Å². The quantitative estimate of drug-likeness (QED) is 0.739. The third-order valence-electron chi connectivity index (χ3n) is 2.28. The molecule has 0 aliphatic carbocycles. The molecule has 0 aliphatic heterocycles. The second kappa shape index (κ2) is 8.84. The molecule has 1 N–H and O–H groups in total. The number of nitrogens with one attached hydrogen (secondary N) is 1. The van der Waals surface area contributed by atoms with Gasteiger partial charge < -0.3 is 10.1 Å². The Morgan fingerprint density at radius 1 is 1.35 bits per heavy atom. The monoisotopic (exact) mass is 317 g/mol. The van der Waals surface area contributed by atoms with Crippen molar-refractivity contribution in [3.63, 3.8) is 0 Å². The number of hydrogen-bond acceptors (Lipinski definition) is 3. The molecular formula is C13H20BrNOS. The van der Waals surface area contributed by atoms with Crippen molar-refractivity contribution in [1.82, 2.24) is 5.32 Å². The predicted molar refractivity (Wildman–Crippen MR) is 80.0 cm³/mol. The van der Waals surface area contributed by atoms with Crippen molar-refractivity contribution in [3.8, 4) is 5.75 Å². The summed E-state index contributed by atoms with van der Waals surface area (Å²) in [7, 11) is 0. The van der Waals surface area contributed by atoms with Gasteiger partial charge in [-0.05, 0) is 30.5 Å². The topological polar surface area (TPSA) is 21.3 Å². The number of rotatable bonds is 8. The van der Waals surface area contributed by atoms with Gasteiger partial charge in [-0.2, -0.15) is 11.8 Å². The maximum Gasteiger partial charge on any atom is 0.123 e. The van der Waals surface area contributed by atoms with Crippen LogP contribution in [0.5, 0.6) is 5.75 Å². The van der Waals surface area contributed by atoms with Gasteiger partial charge in [-0.25, -0.2) is 0 Å². The van der Waals surface area contributed by atoms with Crippen LogP contribution in [0.4, 0.5) is 0 Å². The highest BCUT2D eigenvalue weighted by Gasteiger charge is 2.04. The van der Waals surface area contributed by atoms with Crippen LogP contribution < -0.4 is 10.1 Å². The van der Waals surface area contributed by atoms with Crippen LogP contribution in [0, 0.1) is 0 Å². The molecule has 4 heteroatoms. The van der Waals surface area contributed by atoms with E-state index in [1.54, 1.807) is 0 Å². The number of benzene rings is 1. The largest absolute Gasteiger partial charge is 0.492 e. The second-order valence-corrected chi connectivity index (χ2v) is 5.89. The lowest BCUT2D eigenvalue weighted by atomic mass is 10.2. The molecule has 0 radical (unpaired) electrons. The van der Waals surface area contributed by atoms with Crippen LogP contribution in [-0.2, 0) is 6.54 Å². The van der Waals surface area contributed by atoms with Gasteiger partial charge in [-0.15, -0.1) is 0 Å². The molecule has 96 valence electrons. The minimum Gasteiger partial charge on any atom is -0.492 e. The van der Waals surface area contributed by atoms with E-state index in [1.807, 2.05) is 23.9 Å². The minimum absolute atomic E-state index is 0.777. The molecule has 2 nitrogen and oxygen atoms in total. The van der Waals surface area contributed by atoms with Gasteiger partial charge >= 0.3 is 0 Å². The Kier molecular flexibility index (Phi) is 7.73. The number of thioether (sulfide) groups is 1. The second-order valence-electron chi connectivity index (χ2n) is 3.58. The lowest BCUT2D eigenvalue weighted by Crippen LogP contribution is -2.13. The molecule has 0 aromatic heterocycles. The zero-order valence-electron chi connectivity index (χ0n) is 10.5. The molecule has 0 atom stereocenters. The van der Waals surface area contributed by atoms with E-state index in [0.717, 1.165) is 41.4 Å². The van der Waals surface area contributed by atoms with E-state index in [-0.39, 0.29) is 0 Å². The Bertz CT molecular complexity index is 333. The smallest absolute Gasteiger partial charge is 0.123 e. The molecule has 17 heavy (non-hydrogen) atoms. The number of hydrogen-bond donors (Lipinski definition) is 1. The summed E-state index contributed by atoms with van der Waals surface area (Å²) < 4.78 is 6.91. The maximum absolute atomic E-state index is 5.81. The fourth-order valence-corrected chi connectivity index (χ4v) is 2.34. The van der Waals surface area contributed by atoms with Crippen LogP contribution in [0.25, 0.3) is 0 Å². The highest BCUT2D eigenvalue weighted by Crippen LogP contribution is 2.23. The molecule has 1 aromatic carbocycles. The predicted octanol–water partition coefficient (Wildman–Crippen LogP) is 3.69. The molecular weight excluding hydrogens is 298 g/mol. The zero-order valence-corrected chi connectivity index (χ0v) is 12.9. The van der Waals surface area contributed by atoms with Crippen LogP contribution in [0.3, 0.4) is 0 Å². The van der Waals surface area contributed by atoms with Crippen LogP contribution in [-0.4, -0.2) is 24.7 Å². The molecule has 0 amide bonds. The first-order valence-electron chi connectivity index (χ1n) is 5.97. The Morgan fingerprint density at radius 3 is 2.88 bits per heavy atom. The van der Waals surface area contributed by atoms with E-state index in [1.165, 1.54) is 5.56 Å². The molecule has 1 aromatic rings. The third kappa shape index (κ3) is 5.80. The van der Waals surface area contributed by atoms with Crippen molar-refractivity contribution in [2.75, 3.05) is 24.7 Å². The average molecular weight is 318 g/mol. The number of halogens is 1. The van der Waals surface area contributed by atoms with Gasteiger partial charge in [-0.1, -0.05) is 29.8 Å². The summed E-state index contributed by atoms with van der Waals surface area (Å²) in [5, 5.41) is 3.33. The first-order valence-corrected chi connectivity index (χ1v) is 7.92. The first kappa shape index (κ1) is 14.9. The molecule has 0 spiro atoms. The summed E-state index contributed by atoms with van der Waals surface area (Å²) >= 11 is 5.40. The molecule has 0 aliphatic rings. The van der Waals surface area contributed by atoms with Crippen molar-refractivity contribution in [3.05, 3.63) is 28.2 Å². The highest BCUT2D eigenvalue weighted by atomic mass is 79.9. The minimum atomic E-state index is 0.777. The van der Waals surface area contributed by atoms with Crippen molar-refractivity contribution < 1.29 is 4.74 Å². The van der Waals surface area contributed by atoms with Gasteiger partial charge in [0.05, 0.1) is 6.61 Å². The van der Waals surface area contributed by atoms with Crippen LogP contribution in [0.2, 0.25) is 0 Å². The molecule has 0 fully saturated rings. The van der Waals surface area contributed by atoms with Gasteiger partial charge in [0.15, 0.2) is 0 Å². The lowest BCUT2D eigenvalue weighted by Gasteiger charge is -2.12. The summed E-state index contributed by atoms with van der Waals surface area (Å²) in [6.45, 7) is 6.88. The molecule has 0 unspecified atom stereocenters. The zero-order chi connectivity index (χ0) is 12.5. The Labute approximate surface area is 117 Å². The van der Waals surface area contributed by atoms with E-state index in [9.17, 15) is 0 Å². The van der Waals surface area contributed by atoms with Gasteiger partial charge in [0.2, 0.25) is 0 Å². The summed E-state index contributed by atoms with van der Waals surface area (Å²) in [6, 6.07) is 6.18. The lowest BCUT2D eigenvalue weighted by molar-refractivity contribution is 0.339. The molecule has 0 saturated carbocycles. The van der Waals surface area contributed by atoms with Crippen LogP contribution in [0.15, 0.2) is 22.7 Å². The molecule has 0 bridgehead atoms. The standard InChI is InChI=1S/C13H20BrNOS/c1-3-15-10-11-9-12(14)5-6-13(11)16-7-8-17-4-2/h5-6,9,15H,3-4,7-8,10H2,1-2H3.